The summed E-state index contributed by atoms with van der Waals surface area (Å²) in [5.41, 5.74) is 15.2. The monoisotopic (exact) mass is 1650 g/mol. The highest BCUT2D eigenvalue weighted by Crippen LogP contribution is 2.59. The Hall–Kier alpha value is -8.61. The summed E-state index contributed by atoms with van der Waals surface area (Å²) in [4.78, 5) is 21.1. The number of phenolic OH excluding ortho intramolecular Hbond substituents is 1. The third kappa shape index (κ3) is 18.0. The SMILES string of the molecule is CCCCCCOc1ccc(C2(c3ccc(OCCOS(=O)(=O)c4ccc(C)cc4)cc3)c3cc(Br)ccc3-c3ccc(Br)cc32)cc1.CCCCCCOc1ccc(C2(c3ccc(OCCOc4ccc(C=O)cc4)cc3)c3cc(Br)ccc3-c3ccc(Br)cc32)cc1.O=Cc1ccc(O)cc1. The molecule has 0 amide bonds. The van der Waals surface area contributed by atoms with Gasteiger partial charge in [0.05, 0.1) is 28.9 Å². The minimum absolute atomic E-state index is 0.0844. The first kappa shape index (κ1) is 75.5. The molecule has 0 spiro atoms. The predicted molar refractivity (Wildman–Crippen MR) is 424 cm³/mol. The first-order valence-electron chi connectivity index (χ1n) is 34.6. The van der Waals surface area contributed by atoms with Crippen molar-refractivity contribution in [1.82, 2.24) is 0 Å². The second kappa shape index (κ2) is 35.7. The molecule has 0 heterocycles. The van der Waals surface area contributed by atoms with E-state index in [0.717, 1.165) is 89.4 Å². The smallest absolute Gasteiger partial charge is 0.297 e. The first-order chi connectivity index (χ1) is 50.1. The lowest BCUT2D eigenvalue weighted by atomic mass is 9.67. The molecule has 16 heteroatoms. The highest BCUT2D eigenvalue weighted by molar-refractivity contribution is 9.11. The molecule has 0 saturated carbocycles. The number of carbonyl (C=O) groups is 2. The van der Waals surface area contributed by atoms with Crippen molar-refractivity contribution >= 4 is 86.4 Å². The van der Waals surface area contributed by atoms with Gasteiger partial charge in [-0.25, -0.2) is 0 Å². The van der Waals surface area contributed by atoms with Gasteiger partial charge in [-0.05, 0) is 244 Å². The molecule has 0 unspecified atom stereocenters. The van der Waals surface area contributed by atoms with Crippen molar-refractivity contribution in [1.29, 1.82) is 0 Å². The molecule has 528 valence electrons. The number of benzene rings is 11. The van der Waals surface area contributed by atoms with E-state index < -0.39 is 20.9 Å². The topological polar surface area (TPSA) is 144 Å². The lowest BCUT2D eigenvalue weighted by Gasteiger charge is -2.34. The van der Waals surface area contributed by atoms with Crippen molar-refractivity contribution in [2.24, 2.45) is 0 Å². The zero-order chi connectivity index (χ0) is 72.4. The van der Waals surface area contributed by atoms with Crippen LogP contribution in [0.3, 0.4) is 0 Å². The second-order valence-electron chi connectivity index (χ2n) is 25.2. The number of rotatable bonds is 29. The maximum absolute atomic E-state index is 12.6. The van der Waals surface area contributed by atoms with Gasteiger partial charge in [0.1, 0.15) is 73.5 Å². The Morgan fingerprint density at radius 3 is 0.951 bits per heavy atom. The Labute approximate surface area is 638 Å². The molecule has 0 atom stereocenters. The van der Waals surface area contributed by atoms with Gasteiger partial charge in [-0.3, -0.25) is 13.8 Å². The molecule has 0 saturated heterocycles. The fourth-order valence-corrected chi connectivity index (χ4v) is 15.7. The normalized spacial score (nSPS) is 12.6. The molecule has 2 aliphatic carbocycles. The number of hydrogen-bond donors (Lipinski definition) is 1. The Balaban J connectivity index is 0.000000184. The lowest BCUT2D eigenvalue weighted by Crippen LogP contribution is -2.28. The summed E-state index contributed by atoms with van der Waals surface area (Å²) in [5.74, 6) is 4.04. The molecular weight excluding hydrogens is 1570 g/mol. The van der Waals surface area contributed by atoms with Crippen LogP contribution in [0.4, 0.5) is 0 Å². The van der Waals surface area contributed by atoms with E-state index in [-0.39, 0.29) is 23.9 Å². The Morgan fingerprint density at radius 1 is 0.350 bits per heavy atom. The van der Waals surface area contributed by atoms with Crippen LogP contribution in [0.25, 0.3) is 22.3 Å². The van der Waals surface area contributed by atoms with Crippen LogP contribution in [0.5, 0.6) is 34.5 Å². The fraction of sp³-hybridized carbons (Fsp3) is 0.218. The summed E-state index contributed by atoms with van der Waals surface area (Å²) >= 11 is 15.1. The third-order valence-corrected chi connectivity index (χ3v) is 21.7. The highest BCUT2D eigenvalue weighted by Gasteiger charge is 2.48. The van der Waals surface area contributed by atoms with Crippen LogP contribution in [0.2, 0.25) is 0 Å². The van der Waals surface area contributed by atoms with E-state index in [2.05, 4.69) is 223 Å². The van der Waals surface area contributed by atoms with Gasteiger partial charge in [-0.2, -0.15) is 8.42 Å². The van der Waals surface area contributed by atoms with E-state index in [4.69, 9.17) is 33.0 Å². The number of aryl methyl sites for hydroxylation is 1. The number of unbranched alkanes of at least 4 members (excludes halogenated alkanes) is 6. The van der Waals surface area contributed by atoms with Crippen LogP contribution in [-0.2, 0) is 25.1 Å². The van der Waals surface area contributed by atoms with Crippen LogP contribution < -0.4 is 23.7 Å². The minimum atomic E-state index is -3.86. The van der Waals surface area contributed by atoms with Crippen molar-refractivity contribution in [3.8, 4) is 56.8 Å². The Morgan fingerprint density at radius 2 is 0.641 bits per heavy atom. The van der Waals surface area contributed by atoms with E-state index in [9.17, 15) is 18.0 Å². The van der Waals surface area contributed by atoms with E-state index in [1.807, 2.05) is 31.2 Å². The Kier molecular flexibility index (Phi) is 26.2. The summed E-state index contributed by atoms with van der Waals surface area (Å²) in [6.07, 6.45) is 10.9. The summed E-state index contributed by atoms with van der Waals surface area (Å²) < 4.78 is 64.6. The number of halogens is 4. The maximum atomic E-state index is 12.6. The molecule has 11 nitrogen and oxygen atoms in total. The highest BCUT2D eigenvalue weighted by atomic mass is 79.9. The number of aromatic hydroxyl groups is 1. The number of fused-ring (bicyclic) bond motifs is 6. The molecule has 11 aromatic carbocycles. The molecule has 0 radical (unpaired) electrons. The van der Waals surface area contributed by atoms with Gasteiger partial charge < -0.3 is 28.8 Å². The summed E-state index contributed by atoms with van der Waals surface area (Å²) in [5, 5.41) is 8.74. The van der Waals surface area contributed by atoms with Crippen LogP contribution in [0.15, 0.2) is 265 Å². The summed E-state index contributed by atoms with van der Waals surface area (Å²) in [6, 6.07) is 79.5. The van der Waals surface area contributed by atoms with Gasteiger partial charge in [0.2, 0.25) is 0 Å². The number of carbonyl (C=O) groups excluding carboxylic acids is 2. The molecule has 103 heavy (non-hydrogen) atoms. The van der Waals surface area contributed by atoms with Gasteiger partial charge >= 0.3 is 0 Å². The summed E-state index contributed by atoms with van der Waals surface area (Å²) in [6.45, 7) is 8.55. The zero-order valence-corrected chi connectivity index (χ0v) is 64.8. The molecule has 11 aromatic rings. The number of phenols is 1. The standard InChI is InChI=1S/C40H38Br2O5S.C40H36Br2O4.C7H6O2/c1-3-4-5-6-23-45-33-15-9-29(10-16-33)40(38-26-31(41)13-21-36(38)37-22-14-32(42)27-39(37)40)30-11-17-34(18-12-30)46-24-25-47-48(43,44)35-19-7-28(2)8-20-35;1-2-3-4-5-22-44-34-16-8-29(9-17-34)40(38-25-31(41)12-20-36(38)37-21-13-32(42)26-39(37)40)30-10-18-35(19-11-30)46-24-23-45-33-14-6-28(27-43)7-15-33;8-5-6-1-3-7(9)4-2-6/h7-22,26-27H,3-6,23-25H2,1-2H3;6-21,25-27H,2-5,22-24H2,1H3;1-5,9H. The molecule has 13 rings (SSSR count). The number of ether oxygens (including phenoxy) is 5. The molecule has 0 bridgehead atoms. The largest absolute Gasteiger partial charge is 0.508 e. The zero-order valence-electron chi connectivity index (χ0n) is 57.6. The van der Waals surface area contributed by atoms with Gasteiger partial charge in [-0.1, -0.05) is 207 Å². The van der Waals surface area contributed by atoms with Gasteiger partial charge in [0, 0.05) is 29.0 Å². The third-order valence-electron chi connectivity index (χ3n) is 18.4. The van der Waals surface area contributed by atoms with Crippen LogP contribution >= 0.6 is 63.7 Å². The van der Waals surface area contributed by atoms with Crippen molar-refractivity contribution in [3.05, 3.63) is 322 Å². The van der Waals surface area contributed by atoms with E-state index in [0.29, 0.717) is 42.4 Å². The molecule has 0 aromatic heterocycles. The molecule has 2 aliphatic rings. The van der Waals surface area contributed by atoms with Gasteiger partial charge in [-0.15, -0.1) is 0 Å². The van der Waals surface area contributed by atoms with Gasteiger partial charge in [0.25, 0.3) is 10.1 Å². The average molecular weight is 1650 g/mol. The molecule has 1 N–H and O–H groups in total. The minimum Gasteiger partial charge on any atom is -0.508 e. The predicted octanol–water partition coefficient (Wildman–Crippen LogP) is 22.6. The van der Waals surface area contributed by atoms with Crippen LogP contribution in [0.1, 0.15) is 136 Å². The number of aldehydes is 2. The quantitative estimate of drug-likeness (QED) is 0.0272. The average Bonchev–Trinajstić information content (AvgIpc) is 1.55. The van der Waals surface area contributed by atoms with Crippen LogP contribution in [0, 0.1) is 6.92 Å². The van der Waals surface area contributed by atoms with Crippen molar-refractivity contribution in [2.75, 3.05) is 39.6 Å². The second-order valence-corrected chi connectivity index (χ2v) is 30.5. The van der Waals surface area contributed by atoms with E-state index >= 15 is 0 Å². The van der Waals surface area contributed by atoms with Gasteiger partial charge in [0.15, 0.2) is 0 Å². The number of hydrogen-bond acceptors (Lipinski definition) is 11. The molecule has 0 fully saturated rings. The summed E-state index contributed by atoms with van der Waals surface area (Å²) in [7, 11) is -3.86. The van der Waals surface area contributed by atoms with Crippen molar-refractivity contribution in [3.63, 3.8) is 0 Å². The first-order valence-corrected chi connectivity index (χ1v) is 39.2. The molecule has 0 aliphatic heterocycles. The Bertz CT molecular complexity index is 4660. The lowest BCUT2D eigenvalue weighted by molar-refractivity contribution is 0.111. The van der Waals surface area contributed by atoms with E-state index in [1.54, 1.807) is 60.7 Å². The van der Waals surface area contributed by atoms with Crippen LogP contribution in [-0.4, -0.2) is 65.7 Å². The van der Waals surface area contributed by atoms with Crippen molar-refractivity contribution < 1.29 is 51.0 Å². The molecular formula is C87H80Br4O11S. The maximum Gasteiger partial charge on any atom is 0.297 e. The van der Waals surface area contributed by atoms with Crippen molar-refractivity contribution in [2.45, 2.75) is 87.9 Å². The fourth-order valence-electron chi connectivity index (χ4n) is 13.3. The van der Waals surface area contributed by atoms with E-state index in [1.165, 1.54) is 101 Å².